The van der Waals surface area contributed by atoms with Gasteiger partial charge in [-0.1, -0.05) is 13.8 Å². The van der Waals surface area contributed by atoms with E-state index in [2.05, 4.69) is 25.4 Å². The molecule has 2 aromatic heterocycles. The van der Waals surface area contributed by atoms with Gasteiger partial charge < -0.3 is 5.43 Å². The standard InChI is InChI=1S/C13H18N6S/c1-7(2)12-17-10(19-14)6-11(18-12)20-13-15-8(3)5-9(4)16-13/h5-7H,14H2,1-4H3,(H,17,18,19). The first-order valence-corrected chi connectivity index (χ1v) is 7.15. The van der Waals surface area contributed by atoms with Crippen LogP contribution in [0.15, 0.2) is 22.3 Å². The topological polar surface area (TPSA) is 89.6 Å². The molecule has 0 radical (unpaired) electrons. The van der Waals surface area contributed by atoms with E-state index in [9.17, 15) is 0 Å². The molecule has 0 atom stereocenters. The van der Waals surface area contributed by atoms with Gasteiger partial charge in [0.25, 0.3) is 0 Å². The number of nitrogens with two attached hydrogens (primary N) is 1. The summed E-state index contributed by atoms with van der Waals surface area (Å²) in [6.45, 7) is 7.98. The van der Waals surface area contributed by atoms with Gasteiger partial charge in [0.15, 0.2) is 5.16 Å². The average molecular weight is 290 g/mol. The third-order valence-corrected chi connectivity index (χ3v) is 3.33. The molecule has 6 nitrogen and oxygen atoms in total. The van der Waals surface area contributed by atoms with Crippen molar-refractivity contribution in [1.82, 2.24) is 19.9 Å². The molecule has 0 unspecified atom stereocenters. The van der Waals surface area contributed by atoms with Gasteiger partial charge in [0.1, 0.15) is 16.7 Å². The fourth-order valence-corrected chi connectivity index (χ4v) is 2.54. The second-order valence-corrected chi connectivity index (χ2v) is 5.77. The molecule has 0 saturated heterocycles. The van der Waals surface area contributed by atoms with Crippen LogP contribution in [0.3, 0.4) is 0 Å². The molecule has 0 bridgehead atoms. The molecule has 106 valence electrons. The van der Waals surface area contributed by atoms with Gasteiger partial charge in [-0.25, -0.2) is 25.8 Å². The largest absolute Gasteiger partial charge is 0.308 e. The summed E-state index contributed by atoms with van der Waals surface area (Å²) in [6.07, 6.45) is 0. The molecule has 0 aliphatic rings. The minimum atomic E-state index is 0.225. The number of hydrogen-bond acceptors (Lipinski definition) is 7. The Labute approximate surface area is 122 Å². The quantitative estimate of drug-likeness (QED) is 0.387. The van der Waals surface area contributed by atoms with E-state index in [0.717, 1.165) is 22.2 Å². The predicted molar refractivity (Wildman–Crippen MR) is 79.6 cm³/mol. The lowest BCUT2D eigenvalue weighted by atomic mass is 10.2. The highest BCUT2D eigenvalue weighted by Gasteiger charge is 2.10. The first kappa shape index (κ1) is 14.7. The van der Waals surface area contributed by atoms with Crippen molar-refractivity contribution in [2.45, 2.75) is 43.8 Å². The second kappa shape index (κ2) is 6.15. The molecule has 0 spiro atoms. The van der Waals surface area contributed by atoms with Crippen molar-refractivity contribution in [3.05, 3.63) is 29.3 Å². The van der Waals surface area contributed by atoms with Gasteiger partial charge in [-0.3, -0.25) is 0 Å². The Morgan fingerprint density at radius 1 is 1.05 bits per heavy atom. The van der Waals surface area contributed by atoms with E-state index in [-0.39, 0.29) is 5.92 Å². The van der Waals surface area contributed by atoms with Crippen molar-refractivity contribution in [3.63, 3.8) is 0 Å². The second-order valence-electron chi connectivity index (χ2n) is 4.78. The highest BCUT2D eigenvalue weighted by Crippen LogP contribution is 2.26. The molecular weight excluding hydrogens is 272 g/mol. The summed E-state index contributed by atoms with van der Waals surface area (Å²) in [7, 11) is 0. The van der Waals surface area contributed by atoms with Crippen molar-refractivity contribution < 1.29 is 0 Å². The van der Waals surface area contributed by atoms with Crippen LogP contribution in [0, 0.1) is 13.8 Å². The van der Waals surface area contributed by atoms with Crippen LogP contribution in [0.5, 0.6) is 0 Å². The molecule has 0 aliphatic carbocycles. The van der Waals surface area contributed by atoms with E-state index in [0.29, 0.717) is 11.0 Å². The minimum absolute atomic E-state index is 0.225. The highest BCUT2D eigenvalue weighted by atomic mass is 32.2. The first-order chi connectivity index (χ1) is 9.47. The van der Waals surface area contributed by atoms with Crippen LogP contribution in [0.4, 0.5) is 5.82 Å². The molecule has 2 aromatic rings. The molecule has 0 saturated carbocycles. The van der Waals surface area contributed by atoms with Crippen LogP contribution in [-0.2, 0) is 0 Å². The van der Waals surface area contributed by atoms with E-state index in [1.54, 1.807) is 6.07 Å². The zero-order valence-electron chi connectivity index (χ0n) is 12.0. The number of rotatable bonds is 4. The number of nitrogen functional groups attached to an aromatic ring is 1. The molecule has 0 amide bonds. The molecule has 20 heavy (non-hydrogen) atoms. The lowest BCUT2D eigenvalue weighted by Crippen LogP contribution is -2.11. The van der Waals surface area contributed by atoms with Gasteiger partial charge >= 0.3 is 0 Å². The molecule has 2 rings (SSSR count). The fourth-order valence-electron chi connectivity index (χ4n) is 1.66. The molecule has 0 aliphatic heterocycles. The van der Waals surface area contributed by atoms with Gasteiger partial charge in [0.05, 0.1) is 0 Å². The van der Waals surface area contributed by atoms with Crippen molar-refractivity contribution in [2.24, 2.45) is 5.84 Å². The first-order valence-electron chi connectivity index (χ1n) is 6.33. The zero-order chi connectivity index (χ0) is 14.7. The van der Waals surface area contributed by atoms with Crippen LogP contribution < -0.4 is 11.3 Å². The lowest BCUT2D eigenvalue weighted by Gasteiger charge is -2.09. The van der Waals surface area contributed by atoms with Crippen LogP contribution in [0.2, 0.25) is 0 Å². The van der Waals surface area contributed by atoms with E-state index in [4.69, 9.17) is 5.84 Å². The number of anilines is 1. The molecule has 0 aromatic carbocycles. The van der Waals surface area contributed by atoms with Gasteiger partial charge in [0.2, 0.25) is 0 Å². The van der Waals surface area contributed by atoms with Gasteiger partial charge in [0, 0.05) is 23.4 Å². The van der Waals surface area contributed by atoms with Gasteiger partial charge in [-0.05, 0) is 31.7 Å². The Morgan fingerprint density at radius 3 is 2.25 bits per heavy atom. The monoisotopic (exact) mass is 290 g/mol. The number of hydrazine groups is 1. The van der Waals surface area contributed by atoms with E-state index < -0.39 is 0 Å². The number of hydrogen-bond donors (Lipinski definition) is 2. The summed E-state index contributed by atoms with van der Waals surface area (Å²) in [4.78, 5) is 17.6. The lowest BCUT2D eigenvalue weighted by molar-refractivity contribution is 0.753. The molecule has 0 fully saturated rings. The van der Waals surface area contributed by atoms with Gasteiger partial charge in [-0.2, -0.15) is 0 Å². The Morgan fingerprint density at radius 2 is 1.70 bits per heavy atom. The van der Waals surface area contributed by atoms with E-state index in [1.165, 1.54) is 11.8 Å². The Hall–Kier alpha value is -1.73. The maximum absolute atomic E-state index is 5.45. The van der Waals surface area contributed by atoms with Crippen molar-refractivity contribution in [3.8, 4) is 0 Å². The predicted octanol–water partition coefficient (Wildman–Crippen LogP) is 2.44. The summed E-state index contributed by atoms with van der Waals surface area (Å²) >= 11 is 1.41. The van der Waals surface area contributed by atoms with Crippen LogP contribution in [-0.4, -0.2) is 19.9 Å². The van der Waals surface area contributed by atoms with Crippen molar-refractivity contribution in [2.75, 3.05) is 5.43 Å². The summed E-state index contributed by atoms with van der Waals surface area (Å²) in [5, 5.41) is 1.46. The molecular formula is C13H18N6S. The third kappa shape index (κ3) is 3.64. The number of aryl methyl sites for hydroxylation is 2. The molecule has 2 heterocycles. The van der Waals surface area contributed by atoms with Crippen molar-refractivity contribution >= 4 is 17.6 Å². The maximum atomic E-state index is 5.45. The highest BCUT2D eigenvalue weighted by molar-refractivity contribution is 7.99. The summed E-state index contributed by atoms with van der Waals surface area (Å²) in [6, 6.07) is 3.73. The smallest absolute Gasteiger partial charge is 0.194 e. The zero-order valence-corrected chi connectivity index (χ0v) is 12.8. The van der Waals surface area contributed by atoms with Crippen LogP contribution >= 0.6 is 11.8 Å². The summed E-state index contributed by atoms with van der Waals surface area (Å²) in [5.41, 5.74) is 4.45. The summed E-state index contributed by atoms with van der Waals surface area (Å²) < 4.78 is 0. The minimum Gasteiger partial charge on any atom is -0.308 e. The molecule has 3 N–H and O–H groups in total. The Kier molecular flexibility index (Phi) is 4.51. The third-order valence-electron chi connectivity index (χ3n) is 2.54. The molecule has 7 heteroatoms. The van der Waals surface area contributed by atoms with Crippen LogP contribution in [0.1, 0.15) is 37.0 Å². The Balaban J connectivity index is 2.34. The number of nitrogens with one attached hydrogen (secondary N) is 1. The van der Waals surface area contributed by atoms with E-state index in [1.807, 2.05) is 33.8 Å². The number of aromatic nitrogens is 4. The fraction of sp³-hybridized carbons (Fsp3) is 0.385. The SMILES string of the molecule is Cc1cc(C)nc(Sc2cc(NN)nc(C(C)C)n2)n1. The van der Waals surface area contributed by atoms with Crippen molar-refractivity contribution in [1.29, 1.82) is 0 Å². The summed E-state index contributed by atoms with van der Waals surface area (Å²) in [5.74, 6) is 7.01. The maximum Gasteiger partial charge on any atom is 0.194 e. The normalized spacial score (nSPS) is 10.9. The van der Waals surface area contributed by atoms with Crippen LogP contribution in [0.25, 0.3) is 0 Å². The van der Waals surface area contributed by atoms with Gasteiger partial charge in [-0.15, -0.1) is 0 Å². The number of nitrogens with zero attached hydrogens (tertiary/aromatic N) is 4. The average Bonchev–Trinajstić information content (AvgIpc) is 2.36. The van der Waals surface area contributed by atoms with E-state index >= 15 is 0 Å². The Bertz CT molecular complexity index is 594.